The zero-order valence-electron chi connectivity index (χ0n) is 20.0. The molecule has 6 nitrogen and oxygen atoms in total. The maximum atomic E-state index is 13.9. The normalized spacial score (nSPS) is 11.8. The van der Waals surface area contributed by atoms with E-state index in [0.29, 0.717) is 5.92 Å². The summed E-state index contributed by atoms with van der Waals surface area (Å²) in [4.78, 5) is 13.4. The highest BCUT2D eigenvalue weighted by Gasteiger charge is 2.26. The summed E-state index contributed by atoms with van der Waals surface area (Å²) < 4.78 is 42.3. The van der Waals surface area contributed by atoms with Gasteiger partial charge in [-0.2, -0.15) is 0 Å². The molecule has 35 heavy (non-hydrogen) atoms. The van der Waals surface area contributed by atoms with Crippen molar-refractivity contribution >= 4 is 38.3 Å². The molecule has 0 saturated carbocycles. The van der Waals surface area contributed by atoms with Gasteiger partial charge < -0.3 is 10.0 Å². The molecule has 8 heteroatoms. The van der Waals surface area contributed by atoms with E-state index in [2.05, 4.69) is 26.0 Å². The predicted octanol–water partition coefficient (Wildman–Crippen LogP) is 5.84. The lowest BCUT2D eigenvalue weighted by atomic mass is 10.0. The minimum absolute atomic E-state index is 0.0526. The molecule has 0 aliphatic carbocycles. The SMILES string of the molecule is Cc1c(CC(=O)O)c2cc(F)ccc2n1S(=O)(=O)c1ccc(N(C)c2cccc(C(C)C)c2)cc1. The van der Waals surface area contributed by atoms with Gasteiger partial charge in [0, 0.05) is 29.5 Å². The van der Waals surface area contributed by atoms with Gasteiger partial charge in [0.1, 0.15) is 5.82 Å². The Morgan fingerprint density at radius 3 is 2.34 bits per heavy atom. The molecule has 0 saturated heterocycles. The van der Waals surface area contributed by atoms with E-state index in [4.69, 9.17) is 0 Å². The minimum Gasteiger partial charge on any atom is -0.481 e. The highest BCUT2D eigenvalue weighted by Crippen LogP contribution is 2.32. The Balaban J connectivity index is 1.76. The number of carbonyl (C=O) groups is 1. The molecule has 0 atom stereocenters. The van der Waals surface area contributed by atoms with Crippen LogP contribution in [-0.2, 0) is 21.2 Å². The lowest BCUT2D eigenvalue weighted by Gasteiger charge is -2.21. The summed E-state index contributed by atoms with van der Waals surface area (Å²) in [6, 6.07) is 18.4. The van der Waals surface area contributed by atoms with Gasteiger partial charge in [0.2, 0.25) is 0 Å². The molecule has 0 radical (unpaired) electrons. The quantitative estimate of drug-likeness (QED) is 0.349. The van der Waals surface area contributed by atoms with E-state index in [9.17, 15) is 22.7 Å². The molecule has 1 heterocycles. The number of rotatable bonds is 7. The van der Waals surface area contributed by atoms with Crippen molar-refractivity contribution in [1.29, 1.82) is 0 Å². The van der Waals surface area contributed by atoms with Gasteiger partial charge in [0.15, 0.2) is 0 Å². The Morgan fingerprint density at radius 2 is 1.71 bits per heavy atom. The maximum Gasteiger partial charge on any atom is 0.307 e. The summed E-state index contributed by atoms with van der Waals surface area (Å²) in [6.07, 6.45) is -0.409. The molecule has 1 aromatic heterocycles. The number of aliphatic carboxylic acids is 1. The van der Waals surface area contributed by atoms with E-state index in [0.717, 1.165) is 15.3 Å². The van der Waals surface area contributed by atoms with Crippen LogP contribution in [0.4, 0.5) is 15.8 Å². The smallest absolute Gasteiger partial charge is 0.307 e. The zero-order valence-corrected chi connectivity index (χ0v) is 20.8. The third-order valence-electron chi connectivity index (χ3n) is 6.26. The van der Waals surface area contributed by atoms with Crippen molar-refractivity contribution in [2.75, 3.05) is 11.9 Å². The van der Waals surface area contributed by atoms with Crippen LogP contribution in [0.25, 0.3) is 10.9 Å². The van der Waals surface area contributed by atoms with E-state index in [1.54, 1.807) is 12.1 Å². The molecule has 0 spiro atoms. The number of benzene rings is 3. The first kappa shape index (κ1) is 24.5. The molecular formula is C27H27FN2O4S. The monoisotopic (exact) mass is 494 g/mol. The number of fused-ring (bicyclic) bond motifs is 1. The first-order valence-electron chi connectivity index (χ1n) is 11.2. The van der Waals surface area contributed by atoms with Crippen molar-refractivity contribution in [3.63, 3.8) is 0 Å². The van der Waals surface area contributed by atoms with Crippen LogP contribution in [0.5, 0.6) is 0 Å². The van der Waals surface area contributed by atoms with Crippen LogP contribution in [0, 0.1) is 12.7 Å². The number of aromatic nitrogens is 1. The van der Waals surface area contributed by atoms with Gasteiger partial charge in [-0.25, -0.2) is 16.8 Å². The summed E-state index contributed by atoms with van der Waals surface area (Å²) in [5, 5.41) is 9.59. The van der Waals surface area contributed by atoms with E-state index in [1.807, 2.05) is 24.1 Å². The second-order valence-corrected chi connectivity index (χ2v) is 10.7. The molecule has 4 rings (SSSR count). The molecule has 182 valence electrons. The Bertz CT molecular complexity index is 1520. The van der Waals surface area contributed by atoms with Crippen molar-refractivity contribution in [3.05, 3.63) is 89.4 Å². The third kappa shape index (κ3) is 4.53. The third-order valence-corrected chi connectivity index (χ3v) is 8.08. The average Bonchev–Trinajstić information content (AvgIpc) is 3.09. The van der Waals surface area contributed by atoms with Crippen LogP contribution < -0.4 is 4.90 Å². The summed E-state index contributed by atoms with van der Waals surface area (Å²) in [7, 11) is -2.15. The van der Waals surface area contributed by atoms with Gasteiger partial charge >= 0.3 is 5.97 Å². The second kappa shape index (κ2) is 9.19. The van der Waals surface area contributed by atoms with Crippen molar-refractivity contribution in [2.45, 2.75) is 38.0 Å². The Hall–Kier alpha value is -3.65. The van der Waals surface area contributed by atoms with Crippen LogP contribution in [0.1, 0.15) is 36.6 Å². The Kier molecular flexibility index (Phi) is 6.42. The molecule has 0 unspecified atom stereocenters. The van der Waals surface area contributed by atoms with Gasteiger partial charge in [-0.05, 0) is 78.6 Å². The van der Waals surface area contributed by atoms with E-state index in [-0.39, 0.29) is 27.1 Å². The fourth-order valence-corrected chi connectivity index (χ4v) is 5.88. The van der Waals surface area contributed by atoms with Gasteiger partial charge in [0.25, 0.3) is 10.0 Å². The first-order valence-corrected chi connectivity index (χ1v) is 12.6. The maximum absolute atomic E-state index is 13.9. The number of nitrogens with zero attached hydrogens (tertiary/aromatic N) is 2. The molecule has 4 aromatic rings. The fourth-order valence-electron chi connectivity index (χ4n) is 4.30. The molecule has 0 amide bonds. The van der Waals surface area contributed by atoms with Crippen LogP contribution in [0.3, 0.4) is 0 Å². The second-order valence-electron chi connectivity index (χ2n) is 8.87. The summed E-state index contributed by atoms with van der Waals surface area (Å²) in [6.45, 7) is 5.79. The minimum atomic E-state index is -4.07. The van der Waals surface area contributed by atoms with Gasteiger partial charge in [0.05, 0.1) is 16.8 Å². The number of hydrogen-bond donors (Lipinski definition) is 1. The number of anilines is 2. The molecule has 0 fully saturated rings. The van der Waals surface area contributed by atoms with Gasteiger partial charge in [-0.1, -0.05) is 26.0 Å². The molecule has 0 aliphatic heterocycles. The first-order chi connectivity index (χ1) is 16.5. The van der Waals surface area contributed by atoms with Crippen molar-refractivity contribution < 1.29 is 22.7 Å². The summed E-state index contributed by atoms with van der Waals surface area (Å²) in [5.41, 5.74) is 3.77. The summed E-state index contributed by atoms with van der Waals surface area (Å²) >= 11 is 0. The highest BCUT2D eigenvalue weighted by molar-refractivity contribution is 7.90. The molecule has 1 N–H and O–H groups in total. The van der Waals surface area contributed by atoms with E-state index < -0.39 is 28.2 Å². The summed E-state index contributed by atoms with van der Waals surface area (Å²) in [5.74, 6) is -1.30. The Labute approximate surface area is 204 Å². The van der Waals surface area contributed by atoms with Crippen molar-refractivity contribution in [2.24, 2.45) is 0 Å². The van der Waals surface area contributed by atoms with E-state index >= 15 is 0 Å². The van der Waals surface area contributed by atoms with E-state index in [1.165, 1.54) is 42.8 Å². The standard InChI is InChI=1S/C27H27FN2O4S/c1-17(2)19-6-5-7-22(14-19)29(4)21-9-11-23(12-10-21)35(33,34)30-18(3)24(16-27(31)32)25-15-20(28)8-13-26(25)30/h5-15,17H,16H2,1-4H3,(H,31,32). The number of halogens is 1. The number of carboxylic acid groups (broad SMARTS) is 1. The van der Waals surface area contributed by atoms with Crippen LogP contribution in [0.2, 0.25) is 0 Å². The van der Waals surface area contributed by atoms with Gasteiger partial charge in [-0.3, -0.25) is 4.79 Å². The number of hydrogen-bond acceptors (Lipinski definition) is 4. The Morgan fingerprint density at radius 1 is 1.03 bits per heavy atom. The lowest BCUT2D eigenvalue weighted by Crippen LogP contribution is -2.15. The molecular weight excluding hydrogens is 467 g/mol. The molecule has 0 bridgehead atoms. The van der Waals surface area contributed by atoms with Crippen molar-refractivity contribution in [3.8, 4) is 0 Å². The van der Waals surface area contributed by atoms with Crippen LogP contribution >= 0.6 is 0 Å². The average molecular weight is 495 g/mol. The number of carboxylic acids is 1. The molecule has 3 aromatic carbocycles. The predicted molar refractivity (Wildman–Crippen MR) is 136 cm³/mol. The largest absolute Gasteiger partial charge is 0.481 e. The zero-order chi connectivity index (χ0) is 25.5. The highest BCUT2D eigenvalue weighted by atomic mass is 32.2. The lowest BCUT2D eigenvalue weighted by molar-refractivity contribution is -0.136. The van der Waals surface area contributed by atoms with Crippen LogP contribution in [0.15, 0.2) is 71.6 Å². The fraction of sp³-hybridized carbons (Fsp3) is 0.222. The van der Waals surface area contributed by atoms with Crippen LogP contribution in [-0.4, -0.2) is 30.5 Å². The molecule has 0 aliphatic rings. The van der Waals surface area contributed by atoms with Crippen molar-refractivity contribution in [1.82, 2.24) is 3.97 Å². The topological polar surface area (TPSA) is 79.6 Å². The van der Waals surface area contributed by atoms with Gasteiger partial charge in [-0.15, -0.1) is 0 Å².